The maximum absolute atomic E-state index is 5.95. The van der Waals surface area contributed by atoms with Gasteiger partial charge in [-0.15, -0.1) is 11.6 Å². The highest BCUT2D eigenvalue weighted by molar-refractivity contribution is 6.21. The molecule has 0 radical (unpaired) electrons. The zero-order valence-electron chi connectivity index (χ0n) is 8.51. The molecule has 0 N–H and O–H groups in total. The Kier molecular flexibility index (Phi) is 3.15. The molecular weight excluding hydrogens is 182 g/mol. The summed E-state index contributed by atoms with van der Waals surface area (Å²) in [5, 5.41) is 0.488. The van der Waals surface area contributed by atoms with Gasteiger partial charge in [0.2, 0.25) is 0 Å². The van der Waals surface area contributed by atoms with E-state index in [-0.39, 0.29) is 0 Å². The Morgan fingerprint density at radius 3 is 2.46 bits per heavy atom. The van der Waals surface area contributed by atoms with Crippen molar-refractivity contribution in [3.05, 3.63) is 0 Å². The highest BCUT2D eigenvalue weighted by atomic mass is 35.5. The van der Waals surface area contributed by atoms with Gasteiger partial charge in [-0.05, 0) is 44.7 Å². The molecule has 1 nitrogen and oxygen atoms in total. The highest BCUT2D eigenvalue weighted by Gasteiger charge is 2.28. The Bertz CT molecular complexity index is 161. The molecule has 76 valence electrons. The third-order valence-electron chi connectivity index (χ3n) is 3.36. The molecule has 0 aromatic heterocycles. The molecule has 2 heteroatoms. The molecule has 0 unspecified atom stereocenters. The number of alkyl halides is 1. The van der Waals surface area contributed by atoms with E-state index < -0.39 is 0 Å². The smallest absolute Gasteiger partial charge is 0.0342 e. The van der Waals surface area contributed by atoms with Crippen LogP contribution in [0.4, 0.5) is 0 Å². The second kappa shape index (κ2) is 4.18. The topological polar surface area (TPSA) is 3.24 Å². The van der Waals surface area contributed by atoms with Crippen LogP contribution in [0.1, 0.15) is 32.1 Å². The quantitative estimate of drug-likeness (QED) is 0.619. The minimum absolute atomic E-state index is 0.488. The zero-order valence-corrected chi connectivity index (χ0v) is 9.26. The van der Waals surface area contributed by atoms with Gasteiger partial charge in [0.25, 0.3) is 0 Å². The van der Waals surface area contributed by atoms with E-state index in [1.165, 1.54) is 45.2 Å². The van der Waals surface area contributed by atoms with Gasteiger partial charge in [-0.1, -0.05) is 12.8 Å². The van der Waals surface area contributed by atoms with Crippen LogP contribution in [-0.2, 0) is 0 Å². The van der Waals surface area contributed by atoms with E-state index in [4.69, 9.17) is 11.6 Å². The van der Waals surface area contributed by atoms with Crippen molar-refractivity contribution in [3.8, 4) is 0 Å². The second-order valence-electron chi connectivity index (χ2n) is 4.93. The number of hydrogen-bond donors (Lipinski definition) is 0. The Hall–Kier alpha value is 0.250. The third kappa shape index (κ3) is 3.14. The average molecular weight is 202 g/mol. The number of halogens is 1. The fraction of sp³-hybridized carbons (Fsp3) is 1.00. The Labute approximate surface area is 86.4 Å². The van der Waals surface area contributed by atoms with Gasteiger partial charge in [0.1, 0.15) is 0 Å². The summed E-state index contributed by atoms with van der Waals surface area (Å²) in [4.78, 5) is 2.49. The minimum Gasteiger partial charge on any atom is -0.306 e. The van der Waals surface area contributed by atoms with Gasteiger partial charge in [0, 0.05) is 11.9 Å². The average Bonchev–Trinajstić information content (AvgIpc) is 2.81. The molecule has 2 rings (SSSR count). The van der Waals surface area contributed by atoms with Gasteiger partial charge in [-0.25, -0.2) is 0 Å². The molecule has 0 spiro atoms. The number of nitrogens with zero attached hydrogens (tertiary/aromatic N) is 1. The number of rotatable bonds is 5. The van der Waals surface area contributed by atoms with Crippen molar-refractivity contribution in [2.75, 3.05) is 20.1 Å². The summed E-state index contributed by atoms with van der Waals surface area (Å²) in [5.41, 5.74) is 0. The largest absolute Gasteiger partial charge is 0.306 e. The van der Waals surface area contributed by atoms with Crippen LogP contribution >= 0.6 is 11.6 Å². The van der Waals surface area contributed by atoms with Crippen LogP contribution in [0.5, 0.6) is 0 Å². The van der Waals surface area contributed by atoms with Gasteiger partial charge in [-0.3, -0.25) is 0 Å². The molecule has 2 saturated carbocycles. The van der Waals surface area contributed by atoms with E-state index in [1.54, 1.807) is 0 Å². The predicted molar refractivity (Wildman–Crippen MR) is 57.2 cm³/mol. The minimum atomic E-state index is 0.488. The van der Waals surface area contributed by atoms with Crippen LogP contribution in [0, 0.1) is 11.8 Å². The lowest BCUT2D eigenvalue weighted by Gasteiger charge is -2.34. The van der Waals surface area contributed by atoms with Crippen molar-refractivity contribution < 1.29 is 0 Å². The van der Waals surface area contributed by atoms with Gasteiger partial charge < -0.3 is 4.90 Å². The fourth-order valence-electron chi connectivity index (χ4n) is 2.14. The van der Waals surface area contributed by atoms with Crippen LogP contribution in [0.25, 0.3) is 0 Å². The zero-order chi connectivity index (χ0) is 9.26. The summed E-state index contributed by atoms with van der Waals surface area (Å²) < 4.78 is 0. The van der Waals surface area contributed by atoms with Gasteiger partial charge in [0.15, 0.2) is 0 Å². The van der Waals surface area contributed by atoms with Crippen LogP contribution < -0.4 is 0 Å². The van der Waals surface area contributed by atoms with E-state index in [1.807, 2.05) is 0 Å². The molecule has 0 amide bonds. The van der Waals surface area contributed by atoms with Crippen LogP contribution in [0.2, 0.25) is 0 Å². The van der Waals surface area contributed by atoms with Crippen LogP contribution in [0.3, 0.4) is 0 Å². The van der Waals surface area contributed by atoms with E-state index in [9.17, 15) is 0 Å². The van der Waals surface area contributed by atoms with Crippen molar-refractivity contribution in [1.82, 2.24) is 4.90 Å². The Balaban J connectivity index is 1.52. The molecule has 0 heterocycles. The molecule has 2 aliphatic carbocycles. The van der Waals surface area contributed by atoms with Crippen LogP contribution in [0.15, 0.2) is 0 Å². The van der Waals surface area contributed by atoms with E-state index >= 15 is 0 Å². The van der Waals surface area contributed by atoms with E-state index in [0.29, 0.717) is 5.38 Å². The maximum Gasteiger partial charge on any atom is 0.0342 e. The molecule has 2 fully saturated rings. The number of hydrogen-bond acceptors (Lipinski definition) is 1. The molecule has 0 aromatic carbocycles. The molecule has 0 saturated heterocycles. The van der Waals surface area contributed by atoms with Crippen LogP contribution in [-0.4, -0.2) is 30.4 Å². The standard InChI is InChI=1S/C11H20ClN/c1-13(5-4-9-2-3-9)8-10-6-11(12)7-10/h9-11H,2-8H2,1H3. The van der Waals surface area contributed by atoms with Crippen molar-refractivity contribution in [2.45, 2.75) is 37.5 Å². The second-order valence-corrected chi connectivity index (χ2v) is 5.55. The van der Waals surface area contributed by atoms with Gasteiger partial charge in [0.05, 0.1) is 0 Å². The van der Waals surface area contributed by atoms with Crippen molar-refractivity contribution in [2.24, 2.45) is 11.8 Å². The molecule has 0 bridgehead atoms. The molecular formula is C11H20ClN. The summed E-state index contributed by atoms with van der Waals surface area (Å²) in [6.45, 7) is 2.57. The first-order chi connectivity index (χ1) is 6.24. The van der Waals surface area contributed by atoms with Crippen molar-refractivity contribution in [1.29, 1.82) is 0 Å². The summed E-state index contributed by atoms with van der Waals surface area (Å²) in [6.07, 6.45) is 6.89. The van der Waals surface area contributed by atoms with Gasteiger partial charge in [-0.2, -0.15) is 0 Å². The van der Waals surface area contributed by atoms with E-state index in [0.717, 1.165) is 11.8 Å². The normalized spacial score (nSPS) is 33.5. The first-order valence-electron chi connectivity index (χ1n) is 5.56. The first kappa shape index (κ1) is 9.79. The SMILES string of the molecule is CN(CCC1CC1)CC1CC(Cl)C1. The van der Waals surface area contributed by atoms with E-state index in [2.05, 4.69) is 11.9 Å². The fourth-order valence-corrected chi connectivity index (χ4v) is 2.65. The molecule has 0 aliphatic heterocycles. The Morgan fingerprint density at radius 2 is 1.92 bits per heavy atom. The van der Waals surface area contributed by atoms with Crippen molar-refractivity contribution >= 4 is 11.6 Å². The third-order valence-corrected chi connectivity index (χ3v) is 3.72. The van der Waals surface area contributed by atoms with Gasteiger partial charge >= 0.3 is 0 Å². The highest BCUT2D eigenvalue weighted by Crippen LogP contribution is 2.34. The maximum atomic E-state index is 5.95. The van der Waals surface area contributed by atoms with Crippen molar-refractivity contribution in [3.63, 3.8) is 0 Å². The monoisotopic (exact) mass is 201 g/mol. The molecule has 0 atom stereocenters. The Morgan fingerprint density at radius 1 is 1.23 bits per heavy atom. The summed E-state index contributed by atoms with van der Waals surface area (Å²) in [6, 6.07) is 0. The molecule has 0 aromatic rings. The predicted octanol–water partition coefficient (Wildman–Crippen LogP) is 2.74. The lowest BCUT2D eigenvalue weighted by Crippen LogP contribution is -2.35. The first-order valence-corrected chi connectivity index (χ1v) is 6.00. The summed E-state index contributed by atoms with van der Waals surface area (Å²) >= 11 is 5.95. The summed E-state index contributed by atoms with van der Waals surface area (Å²) in [7, 11) is 2.25. The molecule has 2 aliphatic rings. The lowest BCUT2D eigenvalue weighted by atomic mass is 9.84. The molecule has 13 heavy (non-hydrogen) atoms. The lowest BCUT2D eigenvalue weighted by molar-refractivity contribution is 0.205. The summed E-state index contributed by atoms with van der Waals surface area (Å²) in [5.74, 6) is 1.97.